The Morgan fingerprint density at radius 2 is 1.96 bits per heavy atom. The van der Waals surface area contributed by atoms with Gasteiger partial charge in [-0.3, -0.25) is 9.78 Å². The first-order valence-corrected chi connectivity index (χ1v) is 8.09. The minimum absolute atomic E-state index is 0.152. The molecule has 0 radical (unpaired) electrons. The summed E-state index contributed by atoms with van der Waals surface area (Å²) < 4.78 is 0. The van der Waals surface area contributed by atoms with Crippen molar-refractivity contribution in [1.29, 1.82) is 0 Å². The maximum absolute atomic E-state index is 12.8. The molecule has 6 heteroatoms. The Bertz CT molecular complexity index is 823. The molecule has 25 heavy (non-hydrogen) atoms. The lowest BCUT2D eigenvalue weighted by molar-refractivity contribution is 0.0983. The molecule has 0 aliphatic rings. The summed E-state index contributed by atoms with van der Waals surface area (Å²) >= 11 is 0. The summed E-state index contributed by atoms with van der Waals surface area (Å²) in [5, 5.41) is 3.19. The first-order chi connectivity index (χ1) is 12.3. The predicted octanol–water partition coefficient (Wildman–Crippen LogP) is 3.15. The number of carbonyl (C=O) groups excluding carboxylic acids is 1. The molecule has 0 atom stereocenters. The molecule has 3 aromatic rings. The molecule has 1 amide bonds. The molecule has 0 bridgehead atoms. The summed E-state index contributed by atoms with van der Waals surface area (Å²) in [6.45, 7) is 3.08. The van der Waals surface area contributed by atoms with E-state index in [1.54, 1.807) is 23.4 Å². The highest BCUT2D eigenvalue weighted by molar-refractivity contribution is 6.05. The normalized spacial score (nSPS) is 10.3. The molecule has 6 nitrogen and oxygen atoms in total. The minimum Gasteiger partial charge on any atom is -0.366 e. The summed E-state index contributed by atoms with van der Waals surface area (Å²) in [5.41, 5.74) is 2.24. The van der Waals surface area contributed by atoms with Gasteiger partial charge in [0.25, 0.3) is 5.91 Å². The van der Waals surface area contributed by atoms with Crippen LogP contribution in [0, 0.1) is 0 Å². The number of hydrogen-bond acceptors (Lipinski definition) is 5. The number of aromatic nitrogens is 3. The van der Waals surface area contributed by atoms with E-state index < -0.39 is 0 Å². The number of carbonyl (C=O) groups is 1. The van der Waals surface area contributed by atoms with Crippen LogP contribution in [0.25, 0.3) is 0 Å². The predicted molar refractivity (Wildman–Crippen MR) is 97.4 cm³/mol. The Kier molecular flexibility index (Phi) is 5.31. The van der Waals surface area contributed by atoms with Crippen LogP contribution in [0.4, 0.5) is 11.5 Å². The zero-order valence-electron chi connectivity index (χ0n) is 14.0. The smallest absolute Gasteiger partial charge is 0.277 e. The lowest BCUT2D eigenvalue weighted by atomic mass is 10.2. The summed E-state index contributed by atoms with van der Waals surface area (Å²) in [4.78, 5) is 26.9. The highest BCUT2D eigenvalue weighted by Gasteiger charge is 2.17. The van der Waals surface area contributed by atoms with Crippen LogP contribution in [-0.2, 0) is 6.54 Å². The number of amides is 1. The third-order valence-electron chi connectivity index (χ3n) is 3.71. The van der Waals surface area contributed by atoms with E-state index >= 15 is 0 Å². The van der Waals surface area contributed by atoms with E-state index in [2.05, 4.69) is 20.3 Å². The number of para-hydroxylation sites is 1. The van der Waals surface area contributed by atoms with Crippen LogP contribution in [-0.4, -0.2) is 27.4 Å². The molecule has 0 aliphatic carbocycles. The molecule has 0 spiro atoms. The zero-order valence-corrected chi connectivity index (χ0v) is 14.0. The fraction of sp³-hybridized carbons (Fsp3) is 0.158. The monoisotopic (exact) mass is 333 g/mol. The molecular formula is C19H19N5O. The van der Waals surface area contributed by atoms with Crippen LogP contribution in [0.1, 0.15) is 23.0 Å². The van der Waals surface area contributed by atoms with Crippen molar-refractivity contribution in [3.63, 3.8) is 0 Å². The van der Waals surface area contributed by atoms with Crippen molar-refractivity contribution in [2.45, 2.75) is 13.5 Å². The first kappa shape index (κ1) is 16.6. The second-order valence-electron chi connectivity index (χ2n) is 5.39. The second-order valence-corrected chi connectivity index (χ2v) is 5.39. The Morgan fingerprint density at radius 1 is 1.12 bits per heavy atom. The number of benzene rings is 1. The molecule has 2 aromatic heterocycles. The Hall–Kier alpha value is -3.28. The van der Waals surface area contributed by atoms with E-state index in [9.17, 15) is 4.79 Å². The van der Waals surface area contributed by atoms with E-state index in [1.165, 1.54) is 6.33 Å². The van der Waals surface area contributed by atoms with Gasteiger partial charge in [0.1, 0.15) is 17.8 Å². The number of hydrogen-bond donors (Lipinski definition) is 1. The molecule has 0 fully saturated rings. The highest BCUT2D eigenvalue weighted by atomic mass is 16.2. The van der Waals surface area contributed by atoms with Crippen LogP contribution in [0.5, 0.6) is 0 Å². The third-order valence-corrected chi connectivity index (χ3v) is 3.71. The van der Waals surface area contributed by atoms with E-state index in [4.69, 9.17) is 0 Å². The van der Waals surface area contributed by atoms with Crippen molar-refractivity contribution in [2.24, 2.45) is 0 Å². The Balaban J connectivity index is 1.75. The topological polar surface area (TPSA) is 71.0 Å². The molecule has 126 valence electrons. The first-order valence-electron chi connectivity index (χ1n) is 8.09. The highest BCUT2D eigenvalue weighted by Crippen LogP contribution is 2.16. The number of nitrogens with zero attached hydrogens (tertiary/aromatic N) is 4. The van der Waals surface area contributed by atoms with Gasteiger partial charge in [-0.1, -0.05) is 24.3 Å². The quantitative estimate of drug-likeness (QED) is 0.750. The molecule has 0 unspecified atom stereocenters. The van der Waals surface area contributed by atoms with E-state index in [-0.39, 0.29) is 5.91 Å². The SMILES string of the molecule is CCN(C(=O)c1cc(NCc2cccnc2)ncn1)c1ccccc1. The standard InChI is InChI=1S/C19H19N5O/c1-2-24(16-8-4-3-5-9-16)19(25)17-11-18(23-14-22-17)21-13-15-7-6-10-20-12-15/h3-12,14H,2,13H2,1H3,(H,21,22,23). The second kappa shape index (κ2) is 8.01. The van der Waals surface area contributed by atoms with Gasteiger partial charge in [-0.2, -0.15) is 0 Å². The Morgan fingerprint density at radius 3 is 2.68 bits per heavy atom. The summed E-state index contributed by atoms with van der Waals surface area (Å²) in [6, 6.07) is 15.1. The fourth-order valence-corrected chi connectivity index (χ4v) is 2.46. The van der Waals surface area contributed by atoms with Gasteiger partial charge in [0.15, 0.2) is 0 Å². The molecule has 1 aromatic carbocycles. The zero-order chi connectivity index (χ0) is 17.5. The van der Waals surface area contributed by atoms with E-state index in [1.807, 2.05) is 49.4 Å². The summed E-state index contributed by atoms with van der Waals surface area (Å²) in [6.07, 6.45) is 4.92. The van der Waals surface area contributed by atoms with Crippen LogP contribution >= 0.6 is 0 Å². The van der Waals surface area contributed by atoms with Crippen LogP contribution in [0.3, 0.4) is 0 Å². The van der Waals surface area contributed by atoms with Gasteiger partial charge in [0.05, 0.1) is 0 Å². The lowest BCUT2D eigenvalue weighted by Gasteiger charge is -2.20. The van der Waals surface area contributed by atoms with Crippen LogP contribution in [0.15, 0.2) is 67.3 Å². The van der Waals surface area contributed by atoms with Gasteiger partial charge in [-0.15, -0.1) is 0 Å². The molecule has 0 saturated carbocycles. The van der Waals surface area contributed by atoms with Gasteiger partial charge in [-0.25, -0.2) is 9.97 Å². The van der Waals surface area contributed by atoms with Gasteiger partial charge in [0.2, 0.25) is 0 Å². The van der Waals surface area contributed by atoms with Crippen molar-refractivity contribution in [1.82, 2.24) is 15.0 Å². The van der Waals surface area contributed by atoms with Crippen LogP contribution < -0.4 is 10.2 Å². The van der Waals surface area contributed by atoms with Crippen LogP contribution in [0.2, 0.25) is 0 Å². The minimum atomic E-state index is -0.152. The molecule has 2 heterocycles. The van der Waals surface area contributed by atoms with Crippen molar-refractivity contribution in [3.8, 4) is 0 Å². The Labute approximate surface area is 146 Å². The van der Waals surface area contributed by atoms with Crippen molar-refractivity contribution >= 4 is 17.4 Å². The largest absolute Gasteiger partial charge is 0.366 e. The number of pyridine rings is 1. The maximum atomic E-state index is 12.8. The molecule has 0 saturated heterocycles. The number of nitrogens with one attached hydrogen (secondary N) is 1. The third kappa shape index (κ3) is 4.17. The summed E-state index contributed by atoms with van der Waals surface area (Å²) in [7, 11) is 0. The molecule has 3 rings (SSSR count). The number of anilines is 2. The van der Waals surface area contributed by atoms with Gasteiger partial charge < -0.3 is 10.2 Å². The van der Waals surface area contributed by atoms with Gasteiger partial charge in [-0.05, 0) is 30.7 Å². The van der Waals surface area contributed by atoms with E-state index in [0.717, 1.165) is 11.3 Å². The molecular weight excluding hydrogens is 314 g/mol. The van der Waals surface area contributed by atoms with Crippen molar-refractivity contribution in [2.75, 3.05) is 16.8 Å². The van der Waals surface area contributed by atoms with Gasteiger partial charge >= 0.3 is 0 Å². The van der Waals surface area contributed by atoms with Crippen molar-refractivity contribution in [3.05, 3.63) is 78.5 Å². The maximum Gasteiger partial charge on any atom is 0.277 e. The fourth-order valence-electron chi connectivity index (χ4n) is 2.46. The average molecular weight is 333 g/mol. The van der Waals surface area contributed by atoms with Crippen molar-refractivity contribution < 1.29 is 4.79 Å². The van der Waals surface area contributed by atoms with Gasteiger partial charge in [0, 0.05) is 37.2 Å². The molecule has 1 N–H and O–H groups in total. The summed E-state index contributed by atoms with van der Waals surface area (Å²) in [5.74, 6) is 0.451. The average Bonchev–Trinajstić information content (AvgIpc) is 2.69. The number of rotatable bonds is 6. The molecule has 0 aliphatic heterocycles. The van der Waals surface area contributed by atoms with E-state index in [0.29, 0.717) is 24.6 Å². The lowest BCUT2D eigenvalue weighted by Crippen LogP contribution is -2.31.